The summed E-state index contributed by atoms with van der Waals surface area (Å²) >= 11 is 0. The van der Waals surface area contributed by atoms with Crippen LogP contribution in [0, 0.1) is 10.1 Å². The first-order chi connectivity index (χ1) is 12.1. The Labute approximate surface area is 140 Å². The Morgan fingerprint density at radius 3 is 2.68 bits per heavy atom. The average molecular weight is 334 g/mol. The molecule has 0 aliphatic heterocycles. The molecule has 0 atom stereocenters. The Morgan fingerprint density at radius 1 is 1.08 bits per heavy atom. The molecule has 4 rings (SSSR count). The minimum absolute atomic E-state index is 0.0375. The molecule has 2 aromatic heterocycles. The SMILES string of the molecule is O=C(Oc1cccc2cccnc12)c1cc2cccc([N+](=O)[O-])c2o1. The van der Waals surface area contributed by atoms with Crippen LogP contribution in [0.1, 0.15) is 10.6 Å². The maximum absolute atomic E-state index is 12.4. The molecule has 0 amide bonds. The van der Waals surface area contributed by atoms with Crippen molar-refractivity contribution in [1.29, 1.82) is 0 Å². The lowest BCUT2D eigenvalue weighted by Gasteiger charge is -2.05. The number of nitrogens with zero attached hydrogens (tertiary/aromatic N) is 2. The summed E-state index contributed by atoms with van der Waals surface area (Å²) in [6, 6.07) is 14.7. The monoisotopic (exact) mass is 334 g/mol. The molecule has 0 N–H and O–H groups in total. The van der Waals surface area contributed by atoms with Gasteiger partial charge in [-0.05, 0) is 18.2 Å². The van der Waals surface area contributed by atoms with Gasteiger partial charge in [0.2, 0.25) is 11.3 Å². The number of nitro benzene ring substituents is 1. The summed E-state index contributed by atoms with van der Waals surface area (Å²) in [7, 11) is 0. The molecule has 0 spiro atoms. The quantitative estimate of drug-likeness (QED) is 0.242. The van der Waals surface area contributed by atoms with Gasteiger partial charge in [-0.2, -0.15) is 0 Å². The molecule has 122 valence electrons. The molecule has 0 bridgehead atoms. The number of para-hydroxylation sites is 2. The number of fused-ring (bicyclic) bond motifs is 2. The standard InChI is InChI=1S/C18H10N2O5/c21-18(25-14-8-2-4-11-6-3-9-19-16(11)14)15-10-12-5-1-7-13(20(22)23)17(12)24-15/h1-10H. The smallest absolute Gasteiger partial charge is 0.379 e. The van der Waals surface area contributed by atoms with E-state index in [1.165, 1.54) is 18.2 Å². The Morgan fingerprint density at radius 2 is 1.84 bits per heavy atom. The zero-order valence-electron chi connectivity index (χ0n) is 12.7. The summed E-state index contributed by atoms with van der Waals surface area (Å²) in [5.41, 5.74) is 0.374. The largest absolute Gasteiger partial charge is 0.442 e. The third kappa shape index (κ3) is 2.57. The van der Waals surface area contributed by atoms with E-state index in [1.54, 1.807) is 30.5 Å². The van der Waals surface area contributed by atoms with E-state index in [0.717, 1.165) is 5.39 Å². The van der Waals surface area contributed by atoms with E-state index in [0.29, 0.717) is 10.9 Å². The lowest BCUT2D eigenvalue weighted by atomic mass is 10.2. The van der Waals surface area contributed by atoms with Crippen molar-refractivity contribution < 1.29 is 18.9 Å². The van der Waals surface area contributed by atoms with E-state index in [-0.39, 0.29) is 22.8 Å². The highest BCUT2D eigenvalue weighted by molar-refractivity contribution is 5.97. The van der Waals surface area contributed by atoms with Crippen LogP contribution < -0.4 is 4.74 Å². The summed E-state index contributed by atoms with van der Waals surface area (Å²) in [6.45, 7) is 0. The minimum Gasteiger partial charge on any atom is -0.442 e. The van der Waals surface area contributed by atoms with Gasteiger partial charge in [0, 0.05) is 23.0 Å². The first kappa shape index (κ1) is 14.8. The fourth-order valence-corrected chi connectivity index (χ4v) is 2.60. The molecule has 7 heteroatoms. The predicted octanol–water partition coefficient (Wildman–Crippen LogP) is 4.11. The zero-order chi connectivity index (χ0) is 17.4. The van der Waals surface area contributed by atoms with Crippen LogP contribution in [-0.4, -0.2) is 15.9 Å². The second-order valence-electron chi connectivity index (χ2n) is 5.28. The first-order valence-electron chi connectivity index (χ1n) is 7.36. The van der Waals surface area contributed by atoms with Gasteiger partial charge >= 0.3 is 11.7 Å². The molecular formula is C18H10N2O5. The molecule has 0 aliphatic rings. The Bertz CT molecular complexity index is 1130. The lowest BCUT2D eigenvalue weighted by molar-refractivity contribution is -0.383. The van der Waals surface area contributed by atoms with Gasteiger partial charge < -0.3 is 9.15 Å². The van der Waals surface area contributed by atoms with Gasteiger partial charge in [-0.25, -0.2) is 4.79 Å². The van der Waals surface area contributed by atoms with Crippen molar-refractivity contribution >= 4 is 33.5 Å². The number of carbonyl (C=O) groups excluding carboxylic acids is 1. The normalized spacial score (nSPS) is 10.9. The van der Waals surface area contributed by atoms with Crippen LogP contribution in [0.5, 0.6) is 5.75 Å². The number of carbonyl (C=O) groups is 1. The van der Waals surface area contributed by atoms with Gasteiger partial charge in [-0.1, -0.05) is 30.3 Å². The minimum atomic E-state index is -0.747. The number of hydrogen-bond donors (Lipinski definition) is 0. The van der Waals surface area contributed by atoms with E-state index >= 15 is 0 Å². The number of ether oxygens (including phenoxy) is 1. The van der Waals surface area contributed by atoms with Crippen LogP contribution >= 0.6 is 0 Å². The van der Waals surface area contributed by atoms with Gasteiger partial charge in [0.25, 0.3) is 0 Å². The van der Waals surface area contributed by atoms with Crippen LogP contribution in [-0.2, 0) is 0 Å². The third-order valence-corrected chi connectivity index (χ3v) is 3.72. The number of furan rings is 1. The molecule has 7 nitrogen and oxygen atoms in total. The fraction of sp³-hybridized carbons (Fsp3) is 0. The number of non-ortho nitro benzene ring substituents is 1. The van der Waals surface area contributed by atoms with E-state index in [2.05, 4.69) is 4.98 Å². The van der Waals surface area contributed by atoms with Crippen molar-refractivity contribution in [3.8, 4) is 5.75 Å². The van der Waals surface area contributed by atoms with E-state index in [1.807, 2.05) is 12.1 Å². The van der Waals surface area contributed by atoms with Crippen LogP contribution in [0.25, 0.3) is 21.9 Å². The Balaban J connectivity index is 1.73. The first-order valence-corrected chi connectivity index (χ1v) is 7.36. The van der Waals surface area contributed by atoms with E-state index < -0.39 is 10.9 Å². The molecule has 2 heterocycles. The molecule has 2 aromatic carbocycles. The lowest BCUT2D eigenvalue weighted by Crippen LogP contribution is -2.07. The fourth-order valence-electron chi connectivity index (χ4n) is 2.60. The molecule has 4 aromatic rings. The van der Waals surface area contributed by atoms with E-state index in [4.69, 9.17) is 9.15 Å². The van der Waals surface area contributed by atoms with Crippen LogP contribution in [0.2, 0.25) is 0 Å². The van der Waals surface area contributed by atoms with Gasteiger partial charge in [0.15, 0.2) is 5.75 Å². The molecule has 0 unspecified atom stereocenters. The highest BCUT2D eigenvalue weighted by atomic mass is 16.6. The van der Waals surface area contributed by atoms with Crippen molar-refractivity contribution in [1.82, 2.24) is 4.98 Å². The predicted molar refractivity (Wildman–Crippen MR) is 89.6 cm³/mol. The number of rotatable bonds is 3. The van der Waals surface area contributed by atoms with Crippen molar-refractivity contribution in [3.05, 3.63) is 76.7 Å². The summed E-state index contributed by atoms with van der Waals surface area (Å²) in [5.74, 6) is -0.570. The summed E-state index contributed by atoms with van der Waals surface area (Å²) in [6.07, 6.45) is 1.60. The number of esters is 1. The molecule has 0 radical (unpaired) electrons. The molecule has 0 saturated carbocycles. The van der Waals surface area contributed by atoms with Crippen LogP contribution in [0.4, 0.5) is 5.69 Å². The van der Waals surface area contributed by atoms with Crippen molar-refractivity contribution in [2.45, 2.75) is 0 Å². The summed E-state index contributed by atoms with van der Waals surface area (Å²) < 4.78 is 10.7. The number of hydrogen-bond acceptors (Lipinski definition) is 6. The third-order valence-electron chi connectivity index (χ3n) is 3.72. The highest BCUT2D eigenvalue weighted by Gasteiger charge is 2.21. The number of aromatic nitrogens is 1. The Kier molecular flexibility index (Phi) is 3.39. The number of benzene rings is 2. The van der Waals surface area contributed by atoms with Crippen molar-refractivity contribution in [2.75, 3.05) is 0 Å². The van der Waals surface area contributed by atoms with Gasteiger partial charge in [0.05, 0.1) is 4.92 Å². The molecule has 0 fully saturated rings. The van der Waals surface area contributed by atoms with Gasteiger partial charge in [-0.15, -0.1) is 0 Å². The number of pyridine rings is 1. The topological polar surface area (TPSA) is 95.5 Å². The maximum Gasteiger partial charge on any atom is 0.379 e. The Hall–Kier alpha value is -3.74. The molecule has 25 heavy (non-hydrogen) atoms. The summed E-state index contributed by atoms with van der Waals surface area (Å²) in [5, 5.41) is 12.3. The van der Waals surface area contributed by atoms with Crippen molar-refractivity contribution in [3.63, 3.8) is 0 Å². The van der Waals surface area contributed by atoms with E-state index in [9.17, 15) is 14.9 Å². The highest BCUT2D eigenvalue weighted by Crippen LogP contribution is 2.30. The number of nitro groups is 1. The second-order valence-corrected chi connectivity index (χ2v) is 5.28. The van der Waals surface area contributed by atoms with Crippen LogP contribution in [0.3, 0.4) is 0 Å². The molecule has 0 aliphatic carbocycles. The molecular weight excluding hydrogens is 324 g/mol. The van der Waals surface area contributed by atoms with Gasteiger partial charge in [0.1, 0.15) is 5.52 Å². The average Bonchev–Trinajstić information content (AvgIpc) is 3.06. The maximum atomic E-state index is 12.4. The second kappa shape index (κ2) is 5.72. The summed E-state index contributed by atoms with van der Waals surface area (Å²) in [4.78, 5) is 27.1. The van der Waals surface area contributed by atoms with Crippen LogP contribution in [0.15, 0.2) is 65.2 Å². The zero-order valence-corrected chi connectivity index (χ0v) is 12.7. The van der Waals surface area contributed by atoms with Crippen molar-refractivity contribution in [2.24, 2.45) is 0 Å². The molecule has 0 saturated heterocycles. The van der Waals surface area contributed by atoms with Gasteiger partial charge in [-0.3, -0.25) is 15.1 Å².